The predicted octanol–water partition coefficient (Wildman–Crippen LogP) is 8.90. The van der Waals surface area contributed by atoms with E-state index in [9.17, 15) is 0 Å². The highest BCUT2D eigenvalue weighted by Crippen LogP contribution is 2.48. The SMILES string of the molecule is CC(C)Cc1ccc2ccnc(-c3ccc4c(c3)-c3ccccc3-c3ccccc3S4)c2c1. The van der Waals surface area contributed by atoms with Crippen LogP contribution in [0.25, 0.3) is 44.3 Å². The van der Waals surface area contributed by atoms with Gasteiger partial charge in [-0.3, -0.25) is 4.98 Å². The molecule has 0 fully saturated rings. The lowest BCUT2D eigenvalue weighted by Gasteiger charge is -2.13. The van der Waals surface area contributed by atoms with E-state index < -0.39 is 0 Å². The largest absolute Gasteiger partial charge is 0.256 e. The number of nitrogens with zero attached hydrogens (tertiary/aromatic N) is 1. The second-order valence-electron chi connectivity index (χ2n) is 9.17. The molecule has 0 N–H and O–H groups in total. The van der Waals surface area contributed by atoms with Crippen LogP contribution in [0.3, 0.4) is 0 Å². The van der Waals surface area contributed by atoms with Crippen LogP contribution in [0.2, 0.25) is 0 Å². The summed E-state index contributed by atoms with van der Waals surface area (Å²) in [6.45, 7) is 4.54. The van der Waals surface area contributed by atoms with Crippen molar-refractivity contribution in [3.63, 3.8) is 0 Å². The molecule has 0 unspecified atom stereocenters. The van der Waals surface area contributed by atoms with Gasteiger partial charge in [-0.25, -0.2) is 0 Å². The van der Waals surface area contributed by atoms with E-state index in [1.165, 1.54) is 53.9 Å². The lowest BCUT2D eigenvalue weighted by Crippen LogP contribution is -1.95. The molecule has 1 nitrogen and oxygen atoms in total. The van der Waals surface area contributed by atoms with Gasteiger partial charge in [-0.05, 0) is 75.9 Å². The van der Waals surface area contributed by atoms with E-state index in [-0.39, 0.29) is 0 Å². The molecule has 5 aromatic rings. The third-order valence-corrected chi connectivity index (χ3v) is 7.49. The van der Waals surface area contributed by atoms with Crippen LogP contribution in [-0.4, -0.2) is 4.98 Å². The summed E-state index contributed by atoms with van der Waals surface area (Å²) in [5.41, 5.74) is 8.76. The molecule has 160 valence electrons. The summed E-state index contributed by atoms with van der Waals surface area (Å²) in [5.74, 6) is 0.630. The van der Waals surface area contributed by atoms with E-state index in [1.807, 2.05) is 18.0 Å². The van der Waals surface area contributed by atoms with Gasteiger partial charge in [-0.1, -0.05) is 86.3 Å². The fraction of sp³-hybridized carbons (Fsp3) is 0.129. The molecule has 0 atom stereocenters. The Kier molecular flexibility index (Phi) is 5.04. The molecule has 6 rings (SSSR count). The number of hydrogen-bond acceptors (Lipinski definition) is 2. The Morgan fingerprint density at radius 2 is 1.42 bits per heavy atom. The van der Waals surface area contributed by atoms with E-state index in [4.69, 9.17) is 4.98 Å². The highest BCUT2D eigenvalue weighted by Gasteiger charge is 2.20. The van der Waals surface area contributed by atoms with Crippen molar-refractivity contribution in [1.29, 1.82) is 0 Å². The summed E-state index contributed by atoms with van der Waals surface area (Å²) in [4.78, 5) is 7.45. The minimum Gasteiger partial charge on any atom is -0.256 e. The fourth-order valence-corrected chi connectivity index (χ4v) is 5.96. The maximum absolute atomic E-state index is 4.86. The zero-order chi connectivity index (χ0) is 22.4. The Balaban J connectivity index is 1.55. The molecule has 33 heavy (non-hydrogen) atoms. The highest BCUT2D eigenvalue weighted by atomic mass is 32.2. The zero-order valence-corrected chi connectivity index (χ0v) is 19.7. The summed E-state index contributed by atoms with van der Waals surface area (Å²) in [5, 5.41) is 2.47. The van der Waals surface area contributed by atoms with E-state index in [1.54, 1.807) is 0 Å². The molecule has 4 aromatic carbocycles. The van der Waals surface area contributed by atoms with Crippen LogP contribution in [0, 0.1) is 5.92 Å². The van der Waals surface area contributed by atoms with Gasteiger partial charge in [0.05, 0.1) is 5.69 Å². The standard InChI is InChI=1S/C31H25NS/c1-20(2)17-21-11-12-22-15-16-32-31(27(22)18-21)23-13-14-30-28(19-23)25-8-4-3-7-24(25)26-9-5-6-10-29(26)33-30/h3-16,18-20H,17H2,1-2H3. The van der Waals surface area contributed by atoms with Crippen LogP contribution < -0.4 is 0 Å². The molecule has 0 radical (unpaired) electrons. The van der Waals surface area contributed by atoms with Gasteiger partial charge in [-0.2, -0.15) is 0 Å². The molecular weight excluding hydrogens is 418 g/mol. The van der Waals surface area contributed by atoms with E-state index in [0.29, 0.717) is 5.92 Å². The number of rotatable bonds is 3. The number of hydrogen-bond donors (Lipinski definition) is 0. The van der Waals surface area contributed by atoms with E-state index >= 15 is 0 Å². The van der Waals surface area contributed by atoms with Crippen LogP contribution in [0.5, 0.6) is 0 Å². The second-order valence-corrected chi connectivity index (χ2v) is 10.3. The van der Waals surface area contributed by atoms with Gasteiger partial charge in [0.2, 0.25) is 0 Å². The number of pyridine rings is 1. The van der Waals surface area contributed by atoms with Crippen LogP contribution in [0.4, 0.5) is 0 Å². The molecule has 0 amide bonds. The Morgan fingerprint density at radius 3 is 2.24 bits per heavy atom. The van der Waals surface area contributed by atoms with Crippen molar-refractivity contribution in [2.24, 2.45) is 5.92 Å². The third-order valence-electron chi connectivity index (χ3n) is 6.34. The minimum absolute atomic E-state index is 0.630. The smallest absolute Gasteiger partial charge is 0.0780 e. The summed E-state index contributed by atoms with van der Waals surface area (Å²) < 4.78 is 0. The van der Waals surface area contributed by atoms with Crippen molar-refractivity contribution in [1.82, 2.24) is 4.98 Å². The molecular formula is C31H25NS. The zero-order valence-electron chi connectivity index (χ0n) is 18.9. The first-order valence-electron chi connectivity index (χ1n) is 11.6. The number of aromatic nitrogens is 1. The first-order chi connectivity index (χ1) is 16.2. The van der Waals surface area contributed by atoms with Gasteiger partial charge < -0.3 is 0 Å². The molecule has 0 aliphatic carbocycles. The Bertz CT molecular complexity index is 1500. The average Bonchev–Trinajstić information content (AvgIpc) is 2.97. The Hall–Kier alpha value is -3.36. The monoisotopic (exact) mass is 443 g/mol. The Labute approximate surface area is 199 Å². The van der Waals surface area contributed by atoms with Crippen molar-refractivity contribution >= 4 is 22.5 Å². The summed E-state index contributed by atoms with van der Waals surface area (Å²) >= 11 is 1.86. The summed E-state index contributed by atoms with van der Waals surface area (Å²) in [6, 6.07) is 33.3. The van der Waals surface area contributed by atoms with Gasteiger partial charge in [0.1, 0.15) is 0 Å². The van der Waals surface area contributed by atoms with Crippen molar-refractivity contribution in [2.45, 2.75) is 30.1 Å². The average molecular weight is 444 g/mol. The van der Waals surface area contributed by atoms with E-state index in [0.717, 1.165) is 12.1 Å². The van der Waals surface area contributed by atoms with Crippen molar-refractivity contribution in [3.8, 4) is 33.5 Å². The van der Waals surface area contributed by atoms with Gasteiger partial charge in [0.15, 0.2) is 0 Å². The van der Waals surface area contributed by atoms with Crippen LogP contribution in [-0.2, 0) is 6.42 Å². The van der Waals surface area contributed by atoms with Crippen LogP contribution in [0.15, 0.2) is 107 Å². The maximum Gasteiger partial charge on any atom is 0.0780 e. The lowest BCUT2D eigenvalue weighted by atomic mass is 9.92. The summed E-state index contributed by atoms with van der Waals surface area (Å²) in [6.07, 6.45) is 3.01. The second kappa shape index (κ2) is 8.20. The van der Waals surface area contributed by atoms with E-state index in [2.05, 4.69) is 105 Å². The molecule has 0 saturated carbocycles. The van der Waals surface area contributed by atoms with Gasteiger partial charge >= 0.3 is 0 Å². The van der Waals surface area contributed by atoms with Crippen LogP contribution >= 0.6 is 11.8 Å². The van der Waals surface area contributed by atoms with Gasteiger partial charge in [0.25, 0.3) is 0 Å². The molecule has 2 heteroatoms. The highest BCUT2D eigenvalue weighted by molar-refractivity contribution is 7.99. The molecule has 0 spiro atoms. The normalized spacial score (nSPS) is 12.2. The quantitative estimate of drug-likeness (QED) is 0.271. The van der Waals surface area contributed by atoms with Gasteiger partial charge in [0, 0.05) is 26.9 Å². The number of fused-ring (bicyclic) bond motifs is 6. The lowest BCUT2D eigenvalue weighted by molar-refractivity contribution is 0.648. The first-order valence-corrected chi connectivity index (χ1v) is 12.4. The maximum atomic E-state index is 4.86. The van der Waals surface area contributed by atoms with Crippen molar-refractivity contribution < 1.29 is 0 Å². The van der Waals surface area contributed by atoms with Gasteiger partial charge in [-0.15, -0.1) is 0 Å². The first kappa shape index (κ1) is 20.3. The minimum atomic E-state index is 0.630. The summed E-state index contributed by atoms with van der Waals surface area (Å²) in [7, 11) is 0. The predicted molar refractivity (Wildman–Crippen MR) is 141 cm³/mol. The van der Waals surface area contributed by atoms with Crippen molar-refractivity contribution in [3.05, 3.63) is 103 Å². The Morgan fingerprint density at radius 1 is 0.697 bits per heavy atom. The third kappa shape index (κ3) is 3.65. The molecule has 1 aliphatic heterocycles. The molecule has 0 saturated heterocycles. The topological polar surface area (TPSA) is 12.9 Å². The van der Waals surface area contributed by atoms with Crippen molar-refractivity contribution in [2.75, 3.05) is 0 Å². The molecule has 0 bridgehead atoms. The molecule has 1 aromatic heterocycles. The number of benzene rings is 4. The fourth-order valence-electron chi connectivity index (χ4n) is 4.87. The molecule has 1 aliphatic rings. The van der Waals surface area contributed by atoms with Crippen LogP contribution in [0.1, 0.15) is 19.4 Å². The molecule has 2 heterocycles.